The fourth-order valence-electron chi connectivity index (χ4n) is 3.58. The van der Waals surface area contributed by atoms with Crippen molar-refractivity contribution in [3.63, 3.8) is 0 Å². The Bertz CT molecular complexity index is 525. The van der Waals surface area contributed by atoms with Gasteiger partial charge in [-0.05, 0) is 32.4 Å². The lowest BCUT2D eigenvalue weighted by Crippen LogP contribution is -2.46. The minimum absolute atomic E-state index is 0.179. The van der Waals surface area contributed by atoms with E-state index in [0.29, 0.717) is 0 Å². The molecule has 2 aliphatic rings. The minimum atomic E-state index is 0.179. The summed E-state index contributed by atoms with van der Waals surface area (Å²) < 4.78 is 0. The maximum Gasteiger partial charge on any atom is 0.219 e. The van der Waals surface area contributed by atoms with E-state index in [-0.39, 0.29) is 11.9 Å². The zero-order chi connectivity index (χ0) is 15.5. The molecule has 120 valence electrons. The lowest BCUT2D eigenvalue weighted by Gasteiger charge is -2.39. The summed E-state index contributed by atoms with van der Waals surface area (Å²) in [5.41, 5.74) is 1.22. The van der Waals surface area contributed by atoms with Crippen LogP contribution in [0, 0.1) is 0 Å². The Labute approximate surface area is 132 Å². The molecule has 5 nitrogen and oxygen atoms in total. The van der Waals surface area contributed by atoms with Crippen LogP contribution in [-0.4, -0.2) is 60.5 Å². The van der Waals surface area contributed by atoms with Crippen LogP contribution in [0.2, 0.25) is 0 Å². The van der Waals surface area contributed by atoms with Crippen molar-refractivity contribution in [2.75, 3.05) is 44.7 Å². The lowest BCUT2D eigenvalue weighted by molar-refractivity contribution is -0.132. The average molecular weight is 302 g/mol. The van der Waals surface area contributed by atoms with Crippen molar-refractivity contribution in [1.82, 2.24) is 14.8 Å². The molecule has 0 aromatic carbocycles. The molecule has 2 aliphatic heterocycles. The summed E-state index contributed by atoms with van der Waals surface area (Å²) in [7, 11) is 2.16. The van der Waals surface area contributed by atoms with Gasteiger partial charge in [-0.25, -0.2) is 4.98 Å². The van der Waals surface area contributed by atoms with Gasteiger partial charge in [0.05, 0.1) is 6.04 Å². The molecule has 0 unspecified atom stereocenters. The van der Waals surface area contributed by atoms with Crippen molar-refractivity contribution in [3.05, 3.63) is 23.9 Å². The van der Waals surface area contributed by atoms with Crippen LogP contribution in [-0.2, 0) is 4.79 Å². The zero-order valence-electron chi connectivity index (χ0n) is 13.7. The number of nitrogens with zero attached hydrogens (tertiary/aromatic N) is 4. The van der Waals surface area contributed by atoms with Gasteiger partial charge in [-0.3, -0.25) is 4.79 Å². The van der Waals surface area contributed by atoms with E-state index in [1.807, 2.05) is 17.2 Å². The molecule has 0 N–H and O–H groups in total. The quantitative estimate of drug-likeness (QED) is 0.836. The largest absolute Gasteiger partial charge is 0.354 e. The Kier molecular flexibility index (Phi) is 4.62. The molecule has 1 aromatic rings. The molecule has 0 spiro atoms. The number of aromatic nitrogens is 1. The van der Waals surface area contributed by atoms with Gasteiger partial charge in [0.1, 0.15) is 5.82 Å². The third-order valence-electron chi connectivity index (χ3n) is 4.89. The maximum atomic E-state index is 12.0. The van der Waals surface area contributed by atoms with Gasteiger partial charge in [-0.15, -0.1) is 0 Å². The van der Waals surface area contributed by atoms with Crippen molar-refractivity contribution in [1.29, 1.82) is 0 Å². The van der Waals surface area contributed by atoms with E-state index in [2.05, 4.69) is 27.9 Å². The van der Waals surface area contributed by atoms with Gasteiger partial charge in [0.2, 0.25) is 5.91 Å². The number of carbonyl (C=O) groups is 1. The van der Waals surface area contributed by atoms with Gasteiger partial charge in [0.25, 0.3) is 0 Å². The topological polar surface area (TPSA) is 39.7 Å². The number of hydrogen-bond donors (Lipinski definition) is 0. The van der Waals surface area contributed by atoms with E-state index < -0.39 is 0 Å². The first kappa shape index (κ1) is 15.3. The van der Waals surface area contributed by atoms with Crippen molar-refractivity contribution in [2.24, 2.45) is 0 Å². The minimum Gasteiger partial charge on any atom is -0.354 e. The normalized spacial score (nSPS) is 23.6. The third-order valence-corrected chi connectivity index (χ3v) is 4.89. The standard InChI is InChI=1S/C17H26N4O/c1-14(22)21-9-4-3-7-16(21)15-6-5-8-18-17(15)20-12-10-19(2)11-13-20/h5-6,8,16H,3-4,7,9-13H2,1-2H3/t16-/m0/s1. The van der Waals surface area contributed by atoms with Crippen LogP contribution in [0.1, 0.15) is 37.8 Å². The van der Waals surface area contributed by atoms with Gasteiger partial charge in [-0.2, -0.15) is 0 Å². The van der Waals surface area contributed by atoms with Crippen LogP contribution in [0.5, 0.6) is 0 Å². The molecule has 3 heterocycles. The number of rotatable bonds is 2. The van der Waals surface area contributed by atoms with E-state index in [9.17, 15) is 4.79 Å². The van der Waals surface area contributed by atoms with Crippen molar-refractivity contribution < 1.29 is 4.79 Å². The number of pyridine rings is 1. The van der Waals surface area contributed by atoms with Crippen LogP contribution in [0.15, 0.2) is 18.3 Å². The number of piperidine rings is 1. The molecule has 22 heavy (non-hydrogen) atoms. The van der Waals surface area contributed by atoms with Crippen LogP contribution < -0.4 is 4.90 Å². The molecule has 1 aromatic heterocycles. The predicted octanol–water partition coefficient (Wildman–Crippen LogP) is 1.91. The van der Waals surface area contributed by atoms with Gasteiger partial charge >= 0.3 is 0 Å². The van der Waals surface area contributed by atoms with Crippen molar-refractivity contribution >= 4 is 11.7 Å². The van der Waals surface area contributed by atoms with Gasteiger partial charge in [-0.1, -0.05) is 6.07 Å². The smallest absolute Gasteiger partial charge is 0.219 e. The first-order valence-electron chi connectivity index (χ1n) is 8.32. The van der Waals surface area contributed by atoms with E-state index in [0.717, 1.165) is 51.4 Å². The monoisotopic (exact) mass is 302 g/mol. The summed E-state index contributed by atoms with van der Waals surface area (Å²) >= 11 is 0. The van der Waals surface area contributed by atoms with E-state index in [4.69, 9.17) is 0 Å². The number of likely N-dealkylation sites (N-methyl/N-ethyl adjacent to an activating group) is 1. The summed E-state index contributed by atoms with van der Waals surface area (Å²) in [5.74, 6) is 1.26. The molecule has 1 atom stereocenters. The van der Waals surface area contributed by atoms with E-state index in [1.165, 1.54) is 12.0 Å². The molecule has 0 radical (unpaired) electrons. The second-order valence-corrected chi connectivity index (χ2v) is 6.43. The van der Waals surface area contributed by atoms with Gasteiger partial charge < -0.3 is 14.7 Å². The molecular formula is C17H26N4O. The second-order valence-electron chi connectivity index (χ2n) is 6.43. The third kappa shape index (κ3) is 3.09. The highest BCUT2D eigenvalue weighted by Crippen LogP contribution is 2.35. The van der Waals surface area contributed by atoms with Crippen LogP contribution in [0.4, 0.5) is 5.82 Å². The summed E-state index contributed by atoms with van der Waals surface area (Å²) in [5, 5.41) is 0. The highest BCUT2D eigenvalue weighted by atomic mass is 16.2. The first-order valence-corrected chi connectivity index (χ1v) is 8.32. The summed E-state index contributed by atoms with van der Waals surface area (Å²) in [6, 6.07) is 4.35. The number of piperazine rings is 1. The molecular weight excluding hydrogens is 276 g/mol. The average Bonchev–Trinajstić information content (AvgIpc) is 2.55. The first-order chi connectivity index (χ1) is 10.7. The molecule has 0 bridgehead atoms. The van der Waals surface area contributed by atoms with Crippen molar-refractivity contribution in [2.45, 2.75) is 32.2 Å². The molecule has 0 saturated carbocycles. The Hall–Kier alpha value is -1.62. The summed E-state index contributed by atoms with van der Waals surface area (Å²) in [6.07, 6.45) is 5.22. The molecule has 5 heteroatoms. The lowest BCUT2D eigenvalue weighted by atomic mass is 9.95. The van der Waals surface area contributed by atoms with E-state index in [1.54, 1.807) is 6.92 Å². The number of carbonyl (C=O) groups excluding carboxylic acids is 1. The van der Waals surface area contributed by atoms with Crippen molar-refractivity contribution in [3.8, 4) is 0 Å². The summed E-state index contributed by atoms with van der Waals surface area (Å²) in [4.78, 5) is 23.4. The Morgan fingerprint density at radius 2 is 1.95 bits per heavy atom. The Balaban J connectivity index is 1.88. The zero-order valence-corrected chi connectivity index (χ0v) is 13.7. The number of anilines is 1. The van der Waals surface area contributed by atoms with Crippen LogP contribution >= 0.6 is 0 Å². The molecule has 0 aliphatic carbocycles. The highest BCUT2D eigenvalue weighted by Gasteiger charge is 2.29. The molecule has 3 rings (SSSR count). The SMILES string of the molecule is CC(=O)N1CCCC[C@H]1c1cccnc1N1CCN(C)CC1. The number of hydrogen-bond acceptors (Lipinski definition) is 4. The van der Waals surface area contributed by atoms with Crippen LogP contribution in [0.3, 0.4) is 0 Å². The second kappa shape index (κ2) is 6.65. The van der Waals surface area contributed by atoms with Crippen LogP contribution in [0.25, 0.3) is 0 Å². The Morgan fingerprint density at radius 3 is 2.68 bits per heavy atom. The maximum absolute atomic E-state index is 12.0. The number of likely N-dealkylation sites (tertiary alicyclic amines) is 1. The summed E-state index contributed by atoms with van der Waals surface area (Å²) in [6.45, 7) is 6.70. The molecule has 1 amide bonds. The molecule has 2 saturated heterocycles. The highest BCUT2D eigenvalue weighted by molar-refractivity contribution is 5.74. The van der Waals surface area contributed by atoms with E-state index >= 15 is 0 Å². The fourth-order valence-corrected chi connectivity index (χ4v) is 3.58. The fraction of sp³-hybridized carbons (Fsp3) is 0.647. The predicted molar refractivity (Wildman–Crippen MR) is 87.9 cm³/mol. The van der Waals surface area contributed by atoms with Gasteiger partial charge in [0, 0.05) is 51.4 Å². The Morgan fingerprint density at radius 1 is 1.18 bits per heavy atom. The number of amides is 1. The molecule has 2 fully saturated rings. The van der Waals surface area contributed by atoms with Gasteiger partial charge in [0.15, 0.2) is 0 Å².